The van der Waals surface area contributed by atoms with Gasteiger partial charge in [0, 0.05) is 24.6 Å². The van der Waals surface area contributed by atoms with Gasteiger partial charge < -0.3 is 10.1 Å². The van der Waals surface area contributed by atoms with Gasteiger partial charge in [0.15, 0.2) is 5.78 Å². The highest BCUT2D eigenvalue weighted by Crippen LogP contribution is 2.48. The maximum atomic E-state index is 13.5. The Balaban J connectivity index is 1.79. The molecule has 0 aromatic heterocycles. The summed E-state index contributed by atoms with van der Waals surface area (Å²) >= 11 is 0. The Kier molecular flexibility index (Phi) is 6.59. The molecule has 0 unspecified atom stereocenters. The summed E-state index contributed by atoms with van der Waals surface area (Å²) in [5.41, 5.74) is 4.02. The molecule has 1 atom stereocenters. The summed E-state index contributed by atoms with van der Waals surface area (Å²) in [6, 6.07) is 15.2. The molecule has 2 aromatic rings. The third kappa shape index (κ3) is 4.82. The molecule has 1 heterocycles. The Morgan fingerprint density at radius 3 is 2.52 bits per heavy atom. The maximum absolute atomic E-state index is 13.5. The van der Waals surface area contributed by atoms with Crippen molar-refractivity contribution in [2.24, 2.45) is 5.41 Å². The fourth-order valence-electron chi connectivity index (χ4n) is 4.94. The van der Waals surface area contributed by atoms with E-state index in [1.165, 1.54) is 0 Å². The predicted octanol–water partition coefficient (Wildman–Crippen LogP) is 6.42. The number of ether oxygens (including phenoxy) is 1. The molecule has 1 N–H and O–H groups in total. The molecule has 0 radical (unpaired) electrons. The summed E-state index contributed by atoms with van der Waals surface area (Å²) in [5, 5.41) is 3.52. The number of nitrogens with zero attached hydrogens (tertiary/aromatic N) is 1. The molecule has 5 heteroatoms. The number of benzene rings is 2. The second-order valence-corrected chi connectivity index (χ2v) is 9.89. The lowest BCUT2D eigenvalue weighted by atomic mass is 9.73. The monoisotopic (exact) mass is 446 g/mol. The topological polar surface area (TPSA) is 58.6 Å². The Labute approximate surface area is 196 Å². The van der Waals surface area contributed by atoms with Crippen LogP contribution in [0.3, 0.4) is 0 Å². The first-order valence-electron chi connectivity index (χ1n) is 12.0. The third-order valence-electron chi connectivity index (χ3n) is 6.45. The number of hydrogen-bond acceptors (Lipinski definition) is 4. The highest BCUT2D eigenvalue weighted by atomic mass is 16.5. The van der Waals surface area contributed by atoms with Gasteiger partial charge in [-0.25, -0.2) is 0 Å². The molecule has 1 aliphatic carbocycles. The molecule has 0 saturated carbocycles. The SMILES string of the molecule is CCCCCOc1ccc([C@@H]2C3=C(CC(C)(C)CC3=O)Nc3ccccc3N2C(C)=O)cc1. The summed E-state index contributed by atoms with van der Waals surface area (Å²) in [7, 11) is 0. The van der Waals surface area contributed by atoms with Crippen molar-refractivity contribution >= 4 is 23.1 Å². The minimum Gasteiger partial charge on any atom is -0.494 e. The van der Waals surface area contributed by atoms with E-state index >= 15 is 0 Å². The number of para-hydroxylation sites is 2. The van der Waals surface area contributed by atoms with Crippen LogP contribution in [0, 0.1) is 5.41 Å². The first-order chi connectivity index (χ1) is 15.8. The first-order valence-corrected chi connectivity index (χ1v) is 12.0. The van der Waals surface area contributed by atoms with Crippen molar-refractivity contribution in [3.63, 3.8) is 0 Å². The number of anilines is 2. The lowest BCUT2D eigenvalue weighted by Gasteiger charge is -2.36. The number of Topliss-reactive ketones (excluding diaryl/α,β-unsaturated/α-hetero) is 1. The van der Waals surface area contributed by atoms with E-state index < -0.39 is 6.04 Å². The Morgan fingerprint density at radius 1 is 1.09 bits per heavy atom. The molecule has 0 bridgehead atoms. The van der Waals surface area contributed by atoms with Crippen LogP contribution < -0.4 is 15.0 Å². The van der Waals surface area contributed by atoms with Gasteiger partial charge in [0.05, 0.1) is 24.0 Å². The van der Waals surface area contributed by atoms with Crippen LogP contribution in [0.4, 0.5) is 11.4 Å². The van der Waals surface area contributed by atoms with Crippen LogP contribution in [0.5, 0.6) is 5.75 Å². The van der Waals surface area contributed by atoms with Crippen LogP contribution in [0.2, 0.25) is 0 Å². The van der Waals surface area contributed by atoms with Crippen molar-refractivity contribution in [3.8, 4) is 5.75 Å². The molecule has 0 saturated heterocycles. The number of ketones is 1. The Morgan fingerprint density at radius 2 is 1.82 bits per heavy atom. The van der Waals surface area contributed by atoms with E-state index in [1.807, 2.05) is 48.5 Å². The fourth-order valence-corrected chi connectivity index (χ4v) is 4.94. The second-order valence-electron chi connectivity index (χ2n) is 9.89. The zero-order chi connectivity index (χ0) is 23.6. The number of allylic oxidation sites excluding steroid dienone is 1. The number of amides is 1. The highest BCUT2D eigenvalue weighted by Gasteiger charge is 2.42. The van der Waals surface area contributed by atoms with Gasteiger partial charge in [0.2, 0.25) is 5.91 Å². The van der Waals surface area contributed by atoms with Crippen molar-refractivity contribution in [1.29, 1.82) is 0 Å². The van der Waals surface area contributed by atoms with Crippen LogP contribution in [0.25, 0.3) is 0 Å². The summed E-state index contributed by atoms with van der Waals surface area (Å²) in [4.78, 5) is 28.3. The van der Waals surface area contributed by atoms with Crippen molar-refractivity contribution in [1.82, 2.24) is 0 Å². The molecule has 174 valence electrons. The van der Waals surface area contributed by atoms with Gasteiger partial charge >= 0.3 is 0 Å². The number of rotatable bonds is 6. The molecule has 0 fully saturated rings. The lowest BCUT2D eigenvalue weighted by Crippen LogP contribution is -2.38. The van der Waals surface area contributed by atoms with Gasteiger partial charge in [-0.1, -0.05) is 57.9 Å². The Hall–Kier alpha value is -3.08. The zero-order valence-corrected chi connectivity index (χ0v) is 20.1. The van der Waals surface area contributed by atoms with Crippen molar-refractivity contribution in [3.05, 3.63) is 65.4 Å². The summed E-state index contributed by atoms with van der Waals surface area (Å²) in [6.07, 6.45) is 4.55. The molecule has 4 rings (SSSR count). The van der Waals surface area contributed by atoms with Gasteiger partial charge in [-0.3, -0.25) is 14.5 Å². The van der Waals surface area contributed by atoms with Gasteiger partial charge in [-0.2, -0.15) is 0 Å². The fraction of sp³-hybridized carbons (Fsp3) is 0.429. The minimum absolute atomic E-state index is 0.0951. The number of carbonyl (C=O) groups excluding carboxylic acids is 2. The summed E-state index contributed by atoms with van der Waals surface area (Å²) in [5.74, 6) is 0.805. The van der Waals surface area contributed by atoms with E-state index in [2.05, 4.69) is 26.1 Å². The molecule has 2 aromatic carbocycles. The van der Waals surface area contributed by atoms with E-state index in [9.17, 15) is 9.59 Å². The average Bonchev–Trinajstić information content (AvgIpc) is 2.90. The van der Waals surface area contributed by atoms with Crippen LogP contribution >= 0.6 is 0 Å². The van der Waals surface area contributed by atoms with Crippen LogP contribution in [-0.2, 0) is 9.59 Å². The van der Waals surface area contributed by atoms with Gasteiger partial charge in [0.1, 0.15) is 5.75 Å². The highest BCUT2D eigenvalue weighted by molar-refractivity contribution is 6.05. The number of hydrogen-bond donors (Lipinski definition) is 1. The standard InChI is InChI=1S/C28H34N2O3/c1-5-6-9-16-33-21-14-12-20(13-15-21)27-26-23(17-28(3,4)18-25(26)32)29-22-10-7-8-11-24(22)30(27)19(2)31/h7-8,10-15,27,29H,5-6,9,16-18H2,1-4H3/t27-/m1/s1. The molecule has 0 spiro atoms. The van der Waals surface area contributed by atoms with Gasteiger partial charge in [0.25, 0.3) is 0 Å². The molecule has 1 amide bonds. The largest absolute Gasteiger partial charge is 0.494 e. The van der Waals surface area contributed by atoms with Gasteiger partial charge in [-0.05, 0) is 48.1 Å². The third-order valence-corrected chi connectivity index (χ3v) is 6.45. The maximum Gasteiger partial charge on any atom is 0.224 e. The lowest BCUT2D eigenvalue weighted by molar-refractivity contribution is -0.118. The zero-order valence-electron chi connectivity index (χ0n) is 20.1. The Bertz CT molecular complexity index is 1070. The smallest absolute Gasteiger partial charge is 0.224 e. The van der Waals surface area contributed by atoms with E-state index in [-0.39, 0.29) is 17.1 Å². The molecule has 5 nitrogen and oxygen atoms in total. The molecular formula is C28H34N2O3. The van der Waals surface area contributed by atoms with Gasteiger partial charge in [-0.15, -0.1) is 0 Å². The predicted molar refractivity (Wildman–Crippen MR) is 132 cm³/mol. The van der Waals surface area contributed by atoms with E-state index in [0.29, 0.717) is 18.6 Å². The van der Waals surface area contributed by atoms with E-state index in [4.69, 9.17) is 4.74 Å². The van der Waals surface area contributed by atoms with Crippen molar-refractivity contribution in [2.75, 3.05) is 16.8 Å². The quantitative estimate of drug-likeness (QED) is 0.520. The molecule has 1 aliphatic heterocycles. The molecular weight excluding hydrogens is 412 g/mol. The van der Waals surface area contributed by atoms with Crippen molar-refractivity contribution in [2.45, 2.75) is 65.8 Å². The molecule has 33 heavy (non-hydrogen) atoms. The second kappa shape index (κ2) is 9.42. The molecule has 2 aliphatic rings. The average molecular weight is 447 g/mol. The number of carbonyl (C=O) groups is 2. The van der Waals surface area contributed by atoms with Crippen LogP contribution in [0.15, 0.2) is 59.8 Å². The minimum atomic E-state index is -0.480. The number of fused-ring (bicyclic) bond motifs is 1. The summed E-state index contributed by atoms with van der Waals surface area (Å²) in [6.45, 7) is 8.67. The van der Waals surface area contributed by atoms with Crippen LogP contribution in [0.1, 0.15) is 71.4 Å². The van der Waals surface area contributed by atoms with Crippen molar-refractivity contribution < 1.29 is 14.3 Å². The van der Waals surface area contributed by atoms with E-state index in [0.717, 1.165) is 54.1 Å². The number of nitrogens with one attached hydrogen (secondary N) is 1. The summed E-state index contributed by atoms with van der Waals surface area (Å²) < 4.78 is 5.89. The van der Waals surface area contributed by atoms with Crippen LogP contribution in [-0.4, -0.2) is 18.3 Å². The number of unbranched alkanes of at least 4 members (excludes halogenated alkanes) is 2. The normalized spacial score (nSPS) is 19.3. The van der Waals surface area contributed by atoms with E-state index in [1.54, 1.807) is 11.8 Å². The first kappa shape index (κ1) is 23.1.